The number of thiazole rings is 1. The van der Waals surface area contributed by atoms with Gasteiger partial charge in [0.25, 0.3) is 5.82 Å². The van der Waals surface area contributed by atoms with Crippen LogP contribution in [0.5, 0.6) is 6.01 Å². The first-order chi connectivity index (χ1) is 17.4. The summed E-state index contributed by atoms with van der Waals surface area (Å²) in [7, 11) is 0. The molecule has 1 saturated heterocycles. The van der Waals surface area contributed by atoms with E-state index in [1.807, 2.05) is 0 Å². The molecular weight excluding hydrogens is 530 g/mol. The number of anilines is 1. The van der Waals surface area contributed by atoms with Gasteiger partial charge in [-0.25, -0.2) is 24.6 Å². The lowest BCUT2D eigenvalue weighted by Crippen LogP contribution is -2.54. The van der Waals surface area contributed by atoms with Crippen molar-refractivity contribution >= 4 is 22.2 Å². The summed E-state index contributed by atoms with van der Waals surface area (Å²) in [5.41, 5.74) is 0.317. The maximum Gasteiger partial charge on any atom is 0.453 e. The number of ether oxygens (including phenoxy) is 1. The second-order valence-electron chi connectivity index (χ2n) is 8.00. The highest BCUT2D eigenvalue weighted by molar-refractivity contribution is 7.16. The third-order valence-corrected chi connectivity index (χ3v) is 6.51. The molecule has 0 spiro atoms. The maximum atomic E-state index is 13.5. The van der Waals surface area contributed by atoms with Crippen LogP contribution in [-0.2, 0) is 23.7 Å². The van der Waals surface area contributed by atoms with Crippen molar-refractivity contribution in [2.45, 2.75) is 38.8 Å². The van der Waals surface area contributed by atoms with E-state index < -0.39 is 41.7 Å². The van der Waals surface area contributed by atoms with Gasteiger partial charge in [0.15, 0.2) is 0 Å². The molecular formula is C20H20F6N8O2S. The zero-order valence-corrected chi connectivity index (χ0v) is 20.2. The molecule has 4 rings (SSSR count). The molecule has 0 aliphatic carbocycles. The summed E-state index contributed by atoms with van der Waals surface area (Å²) in [6, 6.07) is -0.387. The number of nitrogens with zero attached hydrogens (tertiary/aromatic N) is 8. The van der Waals surface area contributed by atoms with E-state index in [1.165, 1.54) is 17.3 Å². The monoisotopic (exact) mass is 550 g/mol. The largest absolute Gasteiger partial charge is 0.464 e. The van der Waals surface area contributed by atoms with Crippen LogP contribution in [0, 0.1) is 0 Å². The highest BCUT2D eigenvalue weighted by atomic mass is 32.1. The van der Waals surface area contributed by atoms with Gasteiger partial charge < -0.3 is 14.5 Å². The summed E-state index contributed by atoms with van der Waals surface area (Å²) in [4.78, 5) is 30.8. The highest BCUT2D eigenvalue weighted by Gasteiger charge is 2.39. The van der Waals surface area contributed by atoms with Gasteiger partial charge in [0, 0.05) is 43.6 Å². The zero-order valence-electron chi connectivity index (χ0n) is 19.4. The molecule has 10 nitrogen and oxygen atoms in total. The Labute approximate surface area is 209 Å². The van der Waals surface area contributed by atoms with Gasteiger partial charge >= 0.3 is 18.4 Å². The predicted octanol–water partition coefficient (Wildman–Crippen LogP) is 3.37. The average Bonchev–Trinajstić information content (AvgIpc) is 3.47. The van der Waals surface area contributed by atoms with Crippen LogP contribution >= 0.6 is 11.3 Å². The SMILES string of the molecule is CCOc1ncc(-c2nc(C(F)(F)F)sc2N2CCN(C(=O)Cn3cnc(C(F)(F)F)n3)[C@H](C)C2)cn1. The second-order valence-corrected chi connectivity index (χ2v) is 8.98. The van der Waals surface area contributed by atoms with E-state index in [1.54, 1.807) is 18.7 Å². The Bertz CT molecular complexity index is 1240. The lowest BCUT2D eigenvalue weighted by Gasteiger charge is -2.40. The molecule has 200 valence electrons. The Balaban J connectivity index is 1.52. The van der Waals surface area contributed by atoms with Gasteiger partial charge in [-0.2, -0.15) is 26.3 Å². The first-order valence-electron chi connectivity index (χ1n) is 10.9. The van der Waals surface area contributed by atoms with Crippen molar-refractivity contribution in [3.8, 4) is 17.3 Å². The summed E-state index contributed by atoms with van der Waals surface area (Å²) < 4.78 is 84.6. The van der Waals surface area contributed by atoms with E-state index in [0.717, 1.165) is 11.0 Å². The third kappa shape index (κ3) is 5.91. The van der Waals surface area contributed by atoms with Gasteiger partial charge in [-0.15, -0.1) is 5.10 Å². The molecule has 0 unspecified atom stereocenters. The molecule has 0 radical (unpaired) electrons. The number of amides is 1. The van der Waals surface area contributed by atoms with Crippen molar-refractivity contribution in [1.29, 1.82) is 0 Å². The van der Waals surface area contributed by atoms with E-state index in [-0.39, 0.29) is 41.9 Å². The number of piperazine rings is 1. The fourth-order valence-electron chi connectivity index (χ4n) is 3.72. The van der Waals surface area contributed by atoms with Crippen molar-refractivity contribution in [3.63, 3.8) is 0 Å². The summed E-state index contributed by atoms with van der Waals surface area (Å²) in [6.45, 7) is 3.76. The van der Waals surface area contributed by atoms with Crippen LogP contribution in [0.2, 0.25) is 0 Å². The number of alkyl halides is 6. The van der Waals surface area contributed by atoms with Gasteiger partial charge in [-0.1, -0.05) is 11.3 Å². The van der Waals surface area contributed by atoms with Crippen molar-refractivity contribution in [2.24, 2.45) is 0 Å². The van der Waals surface area contributed by atoms with E-state index in [4.69, 9.17) is 4.74 Å². The lowest BCUT2D eigenvalue weighted by molar-refractivity contribution is -0.145. The number of carbonyl (C=O) groups is 1. The Kier molecular flexibility index (Phi) is 7.25. The van der Waals surface area contributed by atoms with Crippen molar-refractivity contribution < 1.29 is 35.9 Å². The molecule has 0 N–H and O–H groups in total. The second kappa shape index (κ2) is 10.1. The van der Waals surface area contributed by atoms with E-state index in [0.29, 0.717) is 17.9 Å². The number of hydrogen-bond donors (Lipinski definition) is 0. The minimum absolute atomic E-state index is 0.0506. The number of halogens is 6. The van der Waals surface area contributed by atoms with Gasteiger partial charge in [-0.05, 0) is 13.8 Å². The molecule has 4 heterocycles. The van der Waals surface area contributed by atoms with Crippen LogP contribution in [0.25, 0.3) is 11.3 Å². The van der Waals surface area contributed by atoms with Crippen molar-refractivity contribution in [2.75, 3.05) is 31.1 Å². The smallest absolute Gasteiger partial charge is 0.453 e. The number of aromatic nitrogens is 6. The van der Waals surface area contributed by atoms with Crippen LogP contribution in [0.1, 0.15) is 24.7 Å². The molecule has 3 aromatic rings. The first kappa shape index (κ1) is 26.6. The molecule has 3 aromatic heterocycles. The van der Waals surface area contributed by atoms with Gasteiger partial charge in [0.05, 0.1) is 6.61 Å². The summed E-state index contributed by atoms with van der Waals surface area (Å²) in [6.07, 6.45) is -5.92. The lowest BCUT2D eigenvalue weighted by atomic mass is 10.1. The van der Waals surface area contributed by atoms with Crippen LogP contribution in [-0.4, -0.2) is 72.8 Å². The molecule has 17 heteroatoms. The first-order valence-corrected chi connectivity index (χ1v) is 11.7. The van der Waals surface area contributed by atoms with Gasteiger partial charge in [0.2, 0.25) is 10.9 Å². The van der Waals surface area contributed by atoms with Crippen molar-refractivity contribution in [1.82, 2.24) is 34.6 Å². The van der Waals surface area contributed by atoms with Crippen molar-refractivity contribution in [3.05, 3.63) is 29.6 Å². The minimum atomic E-state index is -4.73. The topological polar surface area (TPSA) is 102 Å². The van der Waals surface area contributed by atoms with Crippen LogP contribution in [0.4, 0.5) is 31.3 Å². The standard InChI is InChI=1S/C20H20F6N8O2S/c1-3-36-18-27-6-12(7-28-18)14-15(37-17(30-14)20(24,25)26)32-4-5-34(11(2)8-32)13(35)9-33-10-29-16(31-33)19(21,22)23/h6-7,10-11H,3-5,8-9H2,1-2H3/t11-/m1/s1. The van der Waals surface area contributed by atoms with E-state index >= 15 is 0 Å². The Morgan fingerprint density at radius 1 is 1.11 bits per heavy atom. The Morgan fingerprint density at radius 3 is 2.38 bits per heavy atom. The minimum Gasteiger partial charge on any atom is -0.464 e. The quantitative estimate of drug-likeness (QED) is 0.431. The maximum absolute atomic E-state index is 13.5. The zero-order chi connectivity index (χ0) is 27.0. The normalized spacial score (nSPS) is 16.8. The van der Waals surface area contributed by atoms with Gasteiger partial charge in [0.1, 0.15) is 23.6 Å². The average molecular weight is 550 g/mol. The molecule has 0 aromatic carbocycles. The molecule has 1 aliphatic rings. The summed E-state index contributed by atoms with van der Waals surface area (Å²) >= 11 is 0.472. The summed E-state index contributed by atoms with van der Waals surface area (Å²) in [5.74, 6) is -1.85. The highest BCUT2D eigenvalue weighted by Crippen LogP contribution is 2.43. The number of rotatable bonds is 6. The Hall–Kier alpha value is -3.50. The molecule has 1 atom stereocenters. The van der Waals surface area contributed by atoms with Gasteiger partial charge in [-0.3, -0.25) is 4.79 Å². The molecule has 0 saturated carbocycles. The van der Waals surface area contributed by atoms with Crippen LogP contribution in [0.15, 0.2) is 18.7 Å². The number of carbonyl (C=O) groups excluding carboxylic acids is 1. The number of hydrogen-bond acceptors (Lipinski definition) is 9. The Morgan fingerprint density at radius 2 is 1.81 bits per heavy atom. The predicted molar refractivity (Wildman–Crippen MR) is 118 cm³/mol. The molecule has 1 amide bonds. The molecule has 1 fully saturated rings. The fraction of sp³-hybridized carbons (Fsp3) is 0.500. The van der Waals surface area contributed by atoms with Crippen LogP contribution < -0.4 is 9.64 Å². The summed E-state index contributed by atoms with van der Waals surface area (Å²) in [5, 5.41) is 2.48. The van der Waals surface area contributed by atoms with Crippen LogP contribution in [0.3, 0.4) is 0 Å². The molecule has 0 bridgehead atoms. The van der Waals surface area contributed by atoms with E-state index in [2.05, 4.69) is 25.0 Å². The molecule has 37 heavy (non-hydrogen) atoms. The third-order valence-electron chi connectivity index (χ3n) is 5.35. The van der Waals surface area contributed by atoms with E-state index in [9.17, 15) is 31.1 Å². The fourth-order valence-corrected chi connectivity index (χ4v) is 4.71. The molecule has 1 aliphatic heterocycles.